The average molecular weight is 271 g/mol. The van der Waals surface area contributed by atoms with Crippen LogP contribution in [0.5, 0.6) is 0 Å². The summed E-state index contributed by atoms with van der Waals surface area (Å²) in [5.41, 5.74) is 1.15. The van der Waals surface area contributed by atoms with E-state index in [-0.39, 0.29) is 0 Å². The van der Waals surface area contributed by atoms with Gasteiger partial charge in [-0.05, 0) is 43.7 Å². The number of rotatable bonds is 4. The number of nitrogens with zero attached hydrogens (tertiary/aromatic N) is 1. The van der Waals surface area contributed by atoms with Gasteiger partial charge in [-0.25, -0.2) is 0 Å². The molecule has 2 aliphatic rings. The highest BCUT2D eigenvalue weighted by Crippen LogP contribution is 2.35. The minimum Gasteiger partial charge on any atom is -0.298 e. The van der Waals surface area contributed by atoms with Crippen molar-refractivity contribution in [3.63, 3.8) is 0 Å². The minimum absolute atomic E-state index is 0.377. The van der Waals surface area contributed by atoms with E-state index in [9.17, 15) is 4.79 Å². The molecule has 1 saturated heterocycles. The van der Waals surface area contributed by atoms with Gasteiger partial charge < -0.3 is 0 Å². The van der Waals surface area contributed by atoms with Crippen molar-refractivity contribution in [1.29, 1.82) is 0 Å². The highest BCUT2D eigenvalue weighted by Gasteiger charge is 2.33. The van der Waals surface area contributed by atoms with Crippen molar-refractivity contribution in [2.75, 3.05) is 13.1 Å². The van der Waals surface area contributed by atoms with Crippen molar-refractivity contribution in [3.05, 3.63) is 35.9 Å². The Morgan fingerprint density at radius 1 is 1.05 bits per heavy atom. The lowest BCUT2D eigenvalue weighted by atomic mass is 9.78. The molecule has 1 aromatic carbocycles. The molecule has 1 aromatic rings. The Labute approximate surface area is 122 Å². The van der Waals surface area contributed by atoms with Crippen LogP contribution in [0.1, 0.15) is 44.1 Å². The number of likely N-dealkylation sites (tertiary alicyclic amines) is 1. The molecule has 2 heteroatoms. The van der Waals surface area contributed by atoms with Gasteiger partial charge in [-0.2, -0.15) is 0 Å². The van der Waals surface area contributed by atoms with Crippen LogP contribution in [0.15, 0.2) is 30.3 Å². The van der Waals surface area contributed by atoms with Gasteiger partial charge >= 0.3 is 0 Å². The first-order chi connectivity index (χ1) is 9.83. The summed E-state index contributed by atoms with van der Waals surface area (Å²) in [6, 6.07) is 10.8. The van der Waals surface area contributed by atoms with Gasteiger partial charge in [-0.1, -0.05) is 43.2 Å². The number of fused-ring (bicyclic) bond motifs is 1. The van der Waals surface area contributed by atoms with E-state index in [4.69, 9.17) is 0 Å². The second kappa shape index (κ2) is 6.53. The monoisotopic (exact) mass is 271 g/mol. The maximum absolute atomic E-state index is 12.3. The largest absolute Gasteiger partial charge is 0.298 e. The Kier molecular flexibility index (Phi) is 4.51. The van der Waals surface area contributed by atoms with E-state index in [2.05, 4.69) is 17.0 Å². The number of benzene rings is 1. The lowest BCUT2D eigenvalue weighted by molar-refractivity contribution is -0.121. The third-order valence-corrected chi connectivity index (χ3v) is 4.98. The third kappa shape index (κ3) is 3.29. The molecule has 2 unspecified atom stereocenters. The molecular formula is C18H25NO. The van der Waals surface area contributed by atoms with Crippen molar-refractivity contribution in [3.8, 4) is 0 Å². The van der Waals surface area contributed by atoms with E-state index >= 15 is 0 Å². The van der Waals surface area contributed by atoms with Crippen molar-refractivity contribution in [1.82, 2.24) is 4.90 Å². The standard InChI is InChI=1S/C18H25NO/c20-17(13-15-7-2-1-3-8-15)14-19-12-6-10-16-9-4-5-11-18(16)19/h1-3,7-8,16,18H,4-6,9-14H2. The van der Waals surface area contributed by atoms with Crippen LogP contribution < -0.4 is 0 Å². The van der Waals surface area contributed by atoms with Crippen LogP contribution >= 0.6 is 0 Å². The van der Waals surface area contributed by atoms with Crippen molar-refractivity contribution in [2.45, 2.75) is 51.0 Å². The summed E-state index contributed by atoms with van der Waals surface area (Å²) in [4.78, 5) is 14.8. The van der Waals surface area contributed by atoms with E-state index < -0.39 is 0 Å². The fourth-order valence-electron chi connectivity index (χ4n) is 4.03. The smallest absolute Gasteiger partial charge is 0.151 e. The normalized spacial score (nSPS) is 27.0. The molecule has 1 heterocycles. The number of hydrogen-bond acceptors (Lipinski definition) is 2. The van der Waals surface area contributed by atoms with Crippen LogP contribution in [-0.4, -0.2) is 29.8 Å². The zero-order valence-electron chi connectivity index (χ0n) is 12.3. The number of ketones is 1. The summed E-state index contributed by atoms with van der Waals surface area (Å²) in [5, 5.41) is 0. The van der Waals surface area contributed by atoms with E-state index in [1.54, 1.807) is 0 Å². The molecule has 20 heavy (non-hydrogen) atoms. The molecule has 0 spiro atoms. The average Bonchev–Trinajstić information content (AvgIpc) is 2.48. The van der Waals surface area contributed by atoms with Gasteiger partial charge in [0.05, 0.1) is 6.54 Å². The first-order valence-corrected chi connectivity index (χ1v) is 8.12. The molecule has 0 N–H and O–H groups in total. The van der Waals surface area contributed by atoms with Gasteiger partial charge in [0.15, 0.2) is 5.78 Å². The summed E-state index contributed by atoms with van der Waals surface area (Å²) in [5.74, 6) is 1.24. The number of hydrogen-bond donors (Lipinski definition) is 0. The molecule has 1 saturated carbocycles. The van der Waals surface area contributed by atoms with Crippen LogP contribution in [-0.2, 0) is 11.2 Å². The Hall–Kier alpha value is -1.15. The van der Waals surface area contributed by atoms with Crippen LogP contribution in [0.3, 0.4) is 0 Å². The molecule has 0 bridgehead atoms. The Balaban J connectivity index is 1.57. The fraction of sp³-hybridized carbons (Fsp3) is 0.611. The van der Waals surface area contributed by atoms with Crippen LogP contribution in [0.25, 0.3) is 0 Å². The summed E-state index contributed by atoms with van der Waals surface area (Å²) in [6.07, 6.45) is 8.69. The molecule has 0 radical (unpaired) electrons. The molecule has 1 aliphatic heterocycles. The van der Waals surface area contributed by atoms with Crippen molar-refractivity contribution >= 4 is 5.78 Å². The fourth-order valence-corrected chi connectivity index (χ4v) is 4.03. The van der Waals surface area contributed by atoms with Crippen LogP contribution in [0.4, 0.5) is 0 Å². The lowest BCUT2D eigenvalue weighted by Crippen LogP contribution is -2.48. The van der Waals surface area contributed by atoms with Gasteiger partial charge in [0.1, 0.15) is 0 Å². The zero-order chi connectivity index (χ0) is 13.8. The van der Waals surface area contributed by atoms with E-state index in [1.165, 1.54) is 38.5 Å². The van der Waals surface area contributed by atoms with Gasteiger partial charge in [0, 0.05) is 12.5 Å². The van der Waals surface area contributed by atoms with Crippen molar-refractivity contribution in [2.24, 2.45) is 5.92 Å². The van der Waals surface area contributed by atoms with Gasteiger partial charge in [0.25, 0.3) is 0 Å². The topological polar surface area (TPSA) is 20.3 Å². The van der Waals surface area contributed by atoms with Crippen molar-refractivity contribution < 1.29 is 4.79 Å². The molecule has 2 fully saturated rings. The Morgan fingerprint density at radius 2 is 1.80 bits per heavy atom. The molecule has 2 nitrogen and oxygen atoms in total. The molecular weight excluding hydrogens is 246 g/mol. The van der Waals surface area contributed by atoms with E-state index in [0.29, 0.717) is 24.8 Å². The minimum atomic E-state index is 0.377. The molecule has 3 rings (SSSR count). The molecule has 108 valence electrons. The Morgan fingerprint density at radius 3 is 2.65 bits per heavy atom. The van der Waals surface area contributed by atoms with Gasteiger partial charge in [0.2, 0.25) is 0 Å². The molecule has 0 aromatic heterocycles. The summed E-state index contributed by atoms with van der Waals surface area (Å²) in [7, 11) is 0. The number of carbonyl (C=O) groups excluding carboxylic acids is 1. The first kappa shape index (κ1) is 13.8. The SMILES string of the molecule is O=C(Cc1ccccc1)CN1CCCC2CCCCC21. The quantitative estimate of drug-likeness (QED) is 0.836. The summed E-state index contributed by atoms with van der Waals surface area (Å²) < 4.78 is 0. The number of piperidine rings is 1. The lowest BCUT2D eigenvalue weighted by Gasteiger charge is -2.43. The predicted octanol–water partition coefficient (Wildman–Crippen LogP) is 3.45. The first-order valence-electron chi connectivity index (χ1n) is 8.12. The van der Waals surface area contributed by atoms with Gasteiger partial charge in [-0.15, -0.1) is 0 Å². The summed E-state index contributed by atoms with van der Waals surface area (Å²) >= 11 is 0. The zero-order valence-corrected chi connectivity index (χ0v) is 12.3. The molecule has 1 aliphatic carbocycles. The summed E-state index contributed by atoms with van der Waals surface area (Å²) in [6.45, 7) is 1.79. The van der Waals surface area contributed by atoms with E-state index in [0.717, 1.165) is 18.0 Å². The third-order valence-electron chi connectivity index (χ3n) is 4.98. The van der Waals surface area contributed by atoms with Crippen LogP contribution in [0, 0.1) is 5.92 Å². The molecule has 2 atom stereocenters. The van der Waals surface area contributed by atoms with Crippen LogP contribution in [0.2, 0.25) is 0 Å². The Bertz CT molecular complexity index is 440. The van der Waals surface area contributed by atoms with E-state index in [1.807, 2.05) is 18.2 Å². The maximum Gasteiger partial charge on any atom is 0.151 e. The predicted molar refractivity (Wildman–Crippen MR) is 81.7 cm³/mol. The molecule has 0 amide bonds. The number of Topliss-reactive ketones (excluding diaryl/α,β-unsaturated/α-hetero) is 1. The number of carbonyl (C=O) groups is 1. The highest BCUT2D eigenvalue weighted by atomic mass is 16.1. The second-order valence-electron chi connectivity index (χ2n) is 6.43. The highest BCUT2D eigenvalue weighted by molar-refractivity contribution is 5.82. The maximum atomic E-state index is 12.3. The second-order valence-corrected chi connectivity index (χ2v) is 6.43. The van der Waals surface area contributed by atoms with Gasteiger partial charge in [-0.3, -0.25) is 9.69 Å².